The van der Waals surface area contributed by atoms with Crippen molar-refractivity contribution in [3.63, 3.8) is 0 Å². The van der Waals surface area contributed by atoms with Gasteiger partial charge in [0, 0.05) is 12.7 Å². The molecule has 0 aliphatic rings. The maximum atomic E-state index is 3.11. The molecule has 1 heteroatoms. The quantitative estimate of drug-likeness (QED) is 0.623. The van der Waals surface area contributed by atoms with E-state index in [4.69, 9.17) is 0 Å². The van der Waals surface area contributed by atoms with E-state index in [1.54, 1.807) is 0 Å². The number of benzene rings is 1. The molecule has 1 nitrogen and oxygen atoms in total. The van der Waals surface area contributed by atoms with Gasteiger partial charge in [0.05, 0.1) is 0 Å². The Morgan fingerprint density at radius 1 is 1.00 bits per heavy atom. The Balaban J connectivity index is 3.06. The Kier molecular flexibility index (Phi) is 1.95. The third-order valence-corrected chi connectivity index (χ3v) is 1.51. The Morgan fingerprint density at radius 3 is 1.90 bits per heavy atom. The minimum Gasteiger partial charge on any atom is -0.388 e. The maximum Gasteiger partial charge on any atom is 0.0342 e. The van der Waals surface area contributed by atoms with Crippen molar-refractivity contribution in [3.8, 4) is 0 Å². The van der Waals surface area contributed by atoms with Crippen LogP contribution in [0.25, 0.3) is 0 Å². The Bertz CT molecular complexity index is 208. The third-order valence-electron chi connectivity index (χ3n) is 1.51. The van der Waals surface area contributed by atoms with Crippen molar-refractivity contribution >= 4 is 5.69 Å². The first-order valence-corrected chi connectivity index (χ1v) is 3.48. The van der Waals surface area contributed by atoms with E-state index >= 15 is 0 Å². The smallest absolute Gasteiger partial charge is 0.0342 e. The SMILES string of the molecule is CNc1cc(C)cc(C)c1. The van der Waals surface area contributed by atoms with Crippen LogP contribution in [-0.2, 0) is 0 Å². The first kappa shape index (κ1) is 7.13. The molecule has 1 aromatic carbocycles. The van der Waals surface area contributed by atoms with Crippen LogP contribution in [0.4, 0.5) is 5.69 Å². The summed E-state index contributed by atoms with van der Waals surface area (Å²) in [5.74, 6) is 0. The summed E-state index contributed by atoms with van der Waals surface area (Å²) < 4.78 is 0. The average Bonchev–Trinajstić information content (AvgIpc) is 1.85. The van der Waals surface area contributed by atoms with Crippen molar-refractivity contribution < 1.29 is 0 Å². The second-order valence-corrected chi connectivity index (χ2v) is 2.63. The summed E-state index contributed by atoms with van der Waals surface area (Å²) in [6, 6.07) is 6.43. The van der Waals surface area contributed by atoms with Crippen LogP contribution >= 0.6 is 0 Å². The standard InChI is InChI=1S/C9H13N/c1-7-4-8(2)6-9(5-7)10-3/h4-6,10H,1-3H3. The molecule has 1 aromatic rings. The molecule has 0 atom stereocenters. The molecule has 0 aliphatic heterocycles. The molecule has 0 unspecified atom stereocenters. The van der Waals surface area contributed by atoms with Gasteiger partial charge < -0.3 is 5.32 Å². The lowest BCUT2D eigenvalue weighted by atomic mass is 10.1. The van der Waals surface area contributed by atoms with Crippen LogP contribution in [0.5, 0.6) is 0 Å². The van der Waals surface area contributed by atoms with Gasteiger partial charge in [-0.05, 0) is 37.1 Å². The minimum atomic E-state index is 1.19. The molecule has 1 rings (SSSR count). The highest BCUT2D eigenvalue weighted by atomic mass is 14.8. The first-order valence-electron chi connectivity index (χ1n) is 3.48. The number of anilines is 1. The zero-order chi connectivity index (χ0) is 7.56. The van der Waals surface area contributed by atoms with E-state index < -0.39 is 0 Å². The lowest BCUT2D eigenvalue weighted by molar-refractivity contribution is 1.36. The predicted molar refractivity (Wildman–Crippen MR) is 45.5 cm³/mol. The summed E-state index contributed by atoms with van der Waals surface area (Å²) in [6.45, 7) is 4.21. The number of hydrogen-bond acceptors (Lipinski definition) is 1. The molecule has 0 fully saturated rings. The van der Waals surface area contributed by atoms with Crippen molar-refractivity contribution in [2.45, 2.75) is 13.8 Å². The molecule has 0 saturated heterocycles. The summed E-state index contributed by atoms with van der Waals surface area (Å²) in [5.41, 5.74) is 3.81. The number of hydrogen-bond donors (Lipinski definition) is 1. The van der Waals surface area contributed by atoms with E-state index in [-0.39, 0.29) is 0 Å². The Labute approximate surface area is 62.1 Å². The van der Waals surface area contributed by atoms with Crippen LogP contribution in [0.1, 0.15) is 11.1 Å². The third kappa shape index (κ3) is 1.50. The zero-order valence-corrected chi connectivity index (χ0v) is 6.73. The Morgan fingerprint density at radius 2 is 1.50 bits per heavy atom. The zero-order valence-electron chi connectivity index (χ0n) is 6.73. The van der Waals surface area contributed by atoms with Gasteiger partial charge in [-0.25, -0.2) is 0 Å². The van der Waals surface area contributed by atoms with Crippen molar-refractivity contribution in [1.82, 2.24) is 0 Å². The molecule has 0 aromatic heterocycles. The summed E-state index contributed by atoms with van der Waals surface area (Å²) >= 11 is 0. The fraction of sp³-hybridized carbons (Fsp3) is 0.333. The van der Waals surface area contributed by atoms with Crippen LogP contribution in [0.3, 0.4) is 0 Å². The highest BCUT2D eigenvalue weighted by molar-refractivity contribution is 5.47. The predicted octanol–water partition coefficient (Wildman–Crippen LogP) is 2.35. The minimum absolute atomic E-state index is 1.19. The molecule has 1 N–H and O–H groups in total. The van der Waals surface area contributed by atoms with Crippen LogP contribution in [0.15, 0.2) is 18.2 Å². The van der Waals surface area contributed by atoms with Gasteiger partial charge >= 0.3 is 0 Å². The lowest BCUT2D eigenvalue weighted by Gasteiger charge is -2.02. The van der Waals surface area contributed by atoms with Gasteiger partial charge in [-0.2, -0.15) is 0 Å². The molecule has 0 spiro atoms. The molecule has 54 valence electrons. The summed E-state index contributed by atoms with van der Waals surface area (Å²) in [5, 5.41) is 3.11. The number of nitrogens with one attached hydrogen (secondary N) is 1. The molecule has 10 heavy (non-hydrogen) atoms. The maximum absolute atomic E-state index is 3.11. The number of rotatable bonds is 1. The fourth-order valence-electron chi connectivity index (χ4n) is 1.12. The van der Waals surface area contributed by atoms with Crippen LogP contribution in [-0.4, -0.2) is 7.05 Å². The van der Waals surface area contributed by atoms with Gasteiger partial charge in [0.1, 0.15) is 0 Å². The van der Waals surface area contributed by atoms with Gasteiger partial charge in [-0.15, -0.1) is 0 Å². The molecule has 0 bridgehead atoms. The van der Waals surface area contributed by atoms with Crippen molar-refractivity contribution in [2.24, 2.45) is 0 Å². The highest BCUT2D eigenvalue weighted by Gasteiger charge is 1.90. The topological polar surface area (TPSA) is 12.0 Å². The Hall–Kier alpha value is -0.980. The highest BCUT2D eigenvalue weighted by Crippen LogP contribution is 2.12. The van der Waals surface area contributed by atoms with Gasteiger partial charge in [0.2, 0.25) is 0 Å². The average molecular weight is 135 g/mol. The van der Waals surface area contributed by atoms with Gasteiger partial charge in [-0.3, -0.25) is 0 Å². The second-order valence-electron chi connectivity index (χ2n) is 2.63. The molecule has 0 radical (unpaired) electrons. The molecule has 0 saturated carbocycles. The van der Waals surface area contributed by atoms with Crippen LogP contribution in [0, 0.1) is 13.8 Å². The summed E-state index contributed by atoms with van der Waals surface area (Å²) in [4.78, 5) is 0. The van der Waals surface area contributed by atoms with Crippen molar-refractivity contribution in [3.05, 3.63) is 29.3 Å². The van der Waals surface area contributed by atoms with E-state index in [0.717, 1.165) is 0 Å². The fourth-order valence-corrected chi connectivity index (χ4v) is 1.12. The normalized spacial score (nSPS) is 9.50. The van der Waals surface area contributed by atoms with E-state index in [9.17, 15) is 0 Å². The van der Waals surface area contributed by atoms with Gasteiger partial charge in [0.25, 0.3) is 0 Å². The largest absolute Gasteiger partial charge is 0.388 e. The van der Waals surface area contributed by atoms with E-state index in [1.807, 2.05) is 7.05 Å². The van der Waals surface area contributed by atoms with E-state index in [2.05, 4.69) is 37.4 Å². The van der Waals surface area contributed by atoms with Crippen molar-refractivity contribution in [1.29, 1.82) is 0 Å². The monoisotopic (exact) mass is 135 g/mol. The van der Waals surface area contributed by atoms with Gasteiger partial charge in [0.15, 0.2) is 0 Å². The molecule has 0 aliphatic carbocycles. The van der Waals surface area contributed by atoms with E-state index in [0.29, 0.717) is 0 Å². The molecule has 0 heterocycles. The molecular weight excluding hydrogens is 122 g/mol. The number of aryl methyl sites for hydroxylation is 2. The summed E-state index contributed by atoms with van der Waals surface area (Å²) in [6.07, 6.45) is 0. The first-order chi connectivity index (χ1) is 4.72. The van der Waals surface area contributed by atoms with Crippen LogP contribution in [0.2, 0.25) is 0 Å². The summed E-state index contributed by atoms with van der Waals surface area (Å²) in [7, 11) is 1.94. The van der Waals surface area contributed by atoms with Gasteiger partial charge in [-0.1, -0.05) is 6.07 Å². The van der Waals surface area contributed by atoms with Crippen LogP contribution < -0.4 is 5.32 Å². The van der Waals surface area contributed by atoms with Crippen molar-refractivity contribution in [2.75, 3.05) is 12.4 Å². The molecule has 0 amide bonds. The molecular formula is C9H13N. The second kappa shape index (κ2) is 2.74. The lowest BCUT2D eigenvalue weighted by Crippen LogP contribution is -1.88. The van der Waals surface area contributed by atoms with E-state index in [1.165, 1.54) is 16.8 Å².